The molecule has 0 unspecified atom stereocenters. The predicted octanol–water partition coefficient (Wildman–Crippen LogP) is 2.27. The number of halogens is 3. The summed E-state index contributed by atoms with van der Waals surface area (Å²) in [6.07, 6.45) is 0.773. The van der Waals surface area contributed by atoms with Crippen molar-refractivity contribution < 1.29 is 17.9 Å². The summed E-state index contributed by atoms with van der Waals surface area (Å²) in [4.78, 5) is 6.78. The highest BCUT2D eigenvalue weighted by Crippen LogP contribution is 2.25. The molecule has 0 radical (unpaired) electrons. The monoisotopic (exact) mass is 241 g/mol. The van der Waals surface area contributed by atoms with Crippen LogP contribution in [0.15, 0.2) is 24.4 Å². The lowest BCUT2D eigenvalue weighted by molar-refractivity contribution is 0.394. The van der Waals surface area contributed by atoms with E-state index in [1.54, 1.807) is 0 Å². The molecule has 0 amide bonds. The topological polar surface area (TPSA) is 61.0 Å². The average molecular weight is 241 g/mol. The Kier molecular flexibility index (Phi) is 2.82. The zero-order valence-corrected chi connectivity index (χ0v) is 8.32. The maximum atomic E-state index is 13.2. The minimum absolute atomic E-state index is 0.238. The normalized spacial score (nSPS) is 10.3. The van der Waals surface area contributed by atoms with Crippen LogP contribution in [0, 0.1) is 17.5 Å². The fourth-order valence-electron chi connectivity index (χ4n) is 1.10. The van der Waals surface area contributed by atoms with Crippen LogP contribution in [0.2, 0.25) is 0 Å². The third kappa shape index (κ3) is 2.44. The van der Waals surface area contributed by atoms with E-state index in [1.165, 1.54) is 0 Å². The quantitative estimate of drug-likeness (QED) is 0.876. The first-order valence-electron chi connectivity index (χ1n) is 4.47. The molecular weight excluding hydrogens is 235 g/mol. The molecular formula is C10H6F3N3O. The predicted molar refractivity (Wildman–Crippen MR) is 52.8 cm³/mol. The Morgan fingerprint density at radius 1 is 1.12 bits per heavy atom. The molecule has 0 aliphatic rings. The summed E-state index contributed by atoms with van der Waals surface area (Å²) >= 11 is 0. The van der Waals surface area contributed by atoms with Crippen LogP contribution in [0.4, 0.5) is 19.1 Å². The van der Waals surface area contributed by atoms with Crippen molar-refractivity contribution in [2.24, 2.45) is 0 Å². The molecule has 2 aromatic rings. The van der Waals surface area contributed by atoms with Gasteiger partial charge in [-0.1, -0.05) is 0 Å². The van der Waals surface area contributed by atoms with Crippen molar-refractivity contribution in [2.75, 3.05) is 5.73 Å². The molecule has 0 saturated carbocycles. The minimum atomic E-state index is -0.928. The molecule has 0 bridgehead atoms. The van der Waals surface area contributed by atoms with E-state index >= 15 is 0 Å². The number of ether oxygens (including phenoxy) is 1. The van der Waals surface area contributed by atoms with Crippen LogP contribution in [0.5, 0.6) is 11.6 Å². The number of anilines is 1. The maximum absolute atomic E-state index is 13.2. The molecule has 4 nitrogen and oxygen atoms in total. The summed E-state index contributed by atoms with van der Waals surface area (Å²) in [5, 5.41) is 0. The Balaban J connectivity index is 2.37. The van der Waals surface area contributed by atoms with Crippen molar-refractivity contribution in [1.29, 1.82) is 0 Å². The van der Waals surface area contributed by atoms with E-state index in [2.05, 4.69) is 9.97 Å². The van der Waals surface area contributed by atoms with Gasteiger partial charge in [0.05, 0.1) is 6.20 Å². The largest absolute Gasteiger partial charge is 0.433 e. The van der Waals surface area contributed by atoms with Gasteiger partial charge in [-0.05, 0) is 12.1 Å². The summed E-state index contributed by atoms with van der Waals surface area (Å²) in [7, 11) is 0. The van der Waals surface area contributed by atoms with Gasteiger partial charge in [-0.3, -0.25) is 0 Å². The van der Waals surface area contributed by atoms with Crippen LogP contribution >= 0.6 is 0 Å². The highest BCUT2D eigenvalue weighted by molar-refractivity contribution is 5.31. The zero-order chi connectivity index (χ0) is 12.4. The van der Waals surface area contributed by atoms with E-state index in [0.29, 0.717) is 0 Å². The molecule has 2 rings (SSSR count). The van der Waals surface area contributed by atoms with Crippen molar-refractivity contribution in [1.82, 2.24) is 9.97 Å². The van der Waals surface area contributed by atoms with Gasteiger partial charge in [0.1, 0.15) is 5.82 Å². The van der Waals surface area contributed by atoms with Crippen LogP contribution in [-0.2, 0) is 0 Å². The molecule has 1 aromatic heterocycles. The summed E-state index contributed by atoms with van der Waals surface area (Å²) in [6, 6.07) is 2.53. The average Bonchev–Trinajstić information content (AvgIpc) is 2.28. The first kappa shape index (κ1) is 11.2. The zero-order valence-electron chi connectivity index (χ0n) is 8.32. The van der Waals surface area contributed by atoms with Crippen molar-refractivity contribution in [2.45, 2.75) is 0 Å². The number of nitrogens with zero attached hydrogens (tertiary/aromatic N) is 2. The van der Waals surface area contributed by atoms with Gasteiger partial charge < -0.3 is 10.5 Å². The molecule has 0 fully saturated rings. The van der Waals surface area contributed by atoms with Crippen molar-refractivity contribution in [3.63, 3.8) is 0 Å². The van der Waals surface area contributed by atoms with Crippen molar-refractivity contribution in [3.05, 3.63) is 41.8 Å². The van der Waals surface area contributed by atoms with Gasteiger partial charge in [0.15, 0.2) is 11.6 Å². The SMILES string of the molecule is Nc1ncc(F)c(Oc2cc(F)ccc2F)n1. The Labute approximate surface area is 93.9 Å². The molecule has 17 heavy (non-hydrogen) atoms. The van der Waals surface area contributed by atoms with Gasteiger partial charge >= 0.3 is 0 Å². The number of nitrogens with two attached hydrogens (primary N) is 1. The lowest BCUT2D eigenvalue weighted by atomic mass is 10.3. The number of rotatable bonds is 2. The number of hydrogen-bond donors (Lipinski definition) is 1. The number of benzene rings is 1. The van der Waals surface area contributed by atoms with Crippen molar-refractivity contribution in [3.8, 4) is 11.6 Å². The lowest BCUT2D eigenvalue weighted by Gasteiger charge is -2.06. The summed E-state index contributed by atoms with van der Waals surface area (Å²) in [5.74, 6) is -3.78. The van der Waals surface area contributed by atoms with E-state index in [4.69, 9.17) is 10.5 Å². The standard InChI is InChI=1S/C10H6F3N3O/c11-5-1-2-6(12)8(3-5)17-9-7(13)4-15-10(14)16-9/h1-4H,(H2,14,15,16). The molecule has 1 aromatic carbocycles. The van der Waals surface area contributed by atoms with Gasteiger partial charge in [-0.25, -0.2) is 13.8 Å². The van der Waals surface area contributed by atoms with E-state index < -0.39 is 29.1 Å². The molecule has 0 aliphatic carbocycles. The Morgan fingerprint density at radius 3 is 2.65 bits per heavy atom. The highest BCUT2D eigenvalue weighted by atomic mass is 19.1. The van der Waals surface area contributed by atoms with Gasteiger partial charge in [0.2, 0.25) is 11.8 Å². The molecule has 0 aliphatic heterocycles. The smallest absolute Gasteiger partial charge is 0.260 e. The van der Waals surface area contributed by atoms with Crippen LogP contribution in [0.25, 0.3) is 0 Å². The van der Waals surface area contributed by atoms with Gasteiger partial charge in [0.25, 0.3) is 5.88 Å². The Morgan fingerprint density at radius 2 is 1.88 bits per heavy atom. The van der Waals surface area contributed by atoms with E-state index in [9.17, 15) is 13.2 Å². The fraction of sp³-hybridized carbons (Fsp3) is 0. The first-order chi connectivity index (χ1) is 8.06. The lowest BCUT2D eigenvalue weighted by Crippen LogP contribution is -2.00. The van der Waals surface area contributed by atoms with E-state index in [0.717, 1.165) is 24.4 Å². The fourth-order valence-corrected chi connectivity index (χ4v) is 1.10. The number of nitrogen functional groups attached to an aromatic ring is 1. The molecule has 7 heteroatoms. The second kappa shape index (κ2) is 4.28. The molecule has 2 N–H and O–H groups in total. The summed E-state index contributed by atoms with van der Waals surface area (Å²) in [5.41, 5.74) is 5.21. The van der Waals surface area contributed by atoms with Crippen molar-refractivity contribution >= 4 is 5.95 Å². The van der Waals surface area contributed by atoms with Gasteiger partial charge in [0, 0.05) is 6.07 Å². The highest BCUT2D eigenvalue weighted by Gasteiger charge is 2.12. The molecule has 1 heterocycles. The maximum Gasteiger partial charge on any atom is 0.260 e. The summed E-state index contributed by atoms with van der Waals surface area (Å²) in [6.45, 7) is 0. The van der Waals surface area contributed by atoms with Crippen LogP contribution < -0.4 is 10.5 Å². The molecule has 0 atom stereocenters. The van der Waals surface area contributed by atoms with Gasteiger partial charge in [-0.2, -0.15) is 9.37 Å². The number of aromatic nitrogens is 2. The van der Waals surface area contributed by atoms with Crippen LogP contribution in [0.3, 0.4) is 0 Å². The minimum Gasteiger partial charge on any atom is -0.433 e. The first-order valence-corrected chi connectivity index (χ1v) is 4.47. The van der Waals surface area contributed by atoms with E-state index in [-0.39, 0.29) is 5.95 Å². The molecule has 88 valence electrons. The van der Waals surface area contributed by atoms with Crippen LogP contribution in [-0.4, -0.2) is 9.97 Å². The van der Waals surface area contributed by atoms with E-state index in [1.807, 2.05) is 0 Å². The molecule has 0 spiro atoms. The molecule has 0 saturated heterocycles. The van der Waals surface area contributed by atoms with Gasteiger partial charge in [-0.15, -0.1) is 0 Å². The third-order valence-corrected chi connectivity index (χ3v) is 1.83. The Bertz CT molecular complexity index is 513. The second-order valence-corrected chi connectivity index (χ2v) is 3.06. The van der Waals surface area contributed by atoms with Crippen LogP contribution in [0.1, 0.15) is 0 Å². The third-order valence-electron chi connectivity index (χ3n) is 1.83. The Hall–Kier alpha value is -2.31. The summed E-state index contributed by atoms with van der Waals surface area (Å²) < 4.78 is 44.0. The number of hydrogen-bond acceptors (Lipinski definition) is 4. The second-order valence-electron chi connectivity index (χ2n) is 3.06.